The van der Waals surface area contributed by atoms with Crippen molar-refractivity contribution in [2.45, 2.75) is 46.0 Å². The molecule has 1 heterocycles. The normalized spacial score (nSPS) is 17.8. The highest BCUT2D eigenvalue weighted by molar-refractivity contribution is 6.05. The van der Waals surface area contributed by atoms with Gasteiger partial charge in [-0.05, 0) is 36.7 Å². The molecule has 1 aromatic rings. The largest absolute Gasteiger partial charge is 0.481 e. The molecule has 0 atom stereocenters. The Morgan fingerprint density at radius 3 is 2.52 bits per heavy atom. The minimum Gasteiger partial charge on any atom is -0.481 e. The Morgan fingerprint density at radius 1 is 1.20 bits per heavy atom. The average Bonchev–Trinajstić information content (AvgIpc) is 2.89. The molecule has 2 N–H and O–H groups in total. The fraction of sp³-hybridized carbons (Fsp3) is 0.429. The molecule has 0 aliphatic carbocycles. The van der Waals surface area contributed by atoms with Gasteiger partial charge in [0.15, 0.2) is 5.78 Å². The van der Waals surface area contributed by atoms with Crippen LogP contribution in [0.3, 0.4) is 0 Å². The van der Waals surface area contributed by atoms with E-state index in [1.165, 1.54) is 0 Å². The molecule has 134 valence electrons. The quantitative estimate of drug-likeness (QED) is 0.417. The molecule has 0 aromatic heterocycles. The van der Waals surface area contributed by atoms with Gasteiger partial charge in [0, 0.05) is 30.3 Å². The van der Waals surface area contributed by atoms with Crippen LogP contribution in [0.4, 0.5) is 0 Å². The van der Waals surface area contributed by atoms with Crippen molar-refractivity contribution in [3.63, 3.8) is 0 Å². The number of rotatable bonds is 8. The molecule has 0 saturated carbocycles. The van der Waals surface area contributed by atoms with Crippen LogP contribution in [0.1, 0.15) is 61.9 Å². The third kappa shape index (κ3) is 6.57. The first-order valence-corrected chi connectivity index (χ1v) is 8.83. The third-order valence-corrected chi connectivity index (χ3v) is 4.29. The fourth-order valence-electron chi connectivity index (χ4n) is 2.85. The first-order valence-electron chi connectivity index (χ1n) is 8.83. The monoisotopic (exact) mass is 341 g/mol. The number of unbranched alkanes of at least 4 members (excludes halogenated alkanes) is 2. The zero-order valence-corrected chi connectivity index (χ0v) is 15.0. The van der Waals surface area contributed by atoms with Gasteiger partial charge in [-0.3, -0.25) is 9.59 Å². The minimum atomic E-state index is -0.740. The number of benzene rings is 1. The van der Waals surface area contributed by atoms with Gasteiger partial charge < -0.3 is 10.4 Å². The number of hydrogen-bond acceptors (Lipinski definition) is 3. The molecule has 4 heteroatoms. The summed E-state index contributed by atoms with van der Waals surface area (Å²) in [5.74, 6) is -0.708. The van der Waals surface area contributed by atoms with Crippen LogP contribution >= 0.6 is 0 Å². The van der Waals surface area contributed by atoms with Crippen molar-refractivity contribution in [2.24, 2.45) is 5.41 Å². The molecule has 0 bridgehead atoms. The lowest BCUT2D eigenvalue weighted by molar-refractivity contribution is -0.137. The number of aliphatic carboxylic acids is 1. The van der Waals surface area contributed by atoms with Crippen molar-refractivity contribution in [3.8, 4) is 0 Å². The number of carboxylic acids is 1. The number of carboxylic acid groups (broad SMARTS) is 1. The van der Waals surface area contributed by atoms with Crippen LogP contribution in [-0.2, 0) is 4.79 Å². The van der Waals surface area contributed by atoms with Crippen molar-refractivity contribution in [1.82, 2.24) is 5.32 Å². The van der Waals surface area contributed by atoms with E-state index in [1.807, 2.05) is 36.4 Å². The Balaban J connectivity index is 1.84. The molecule has 2 rings (SSSR count). The van der Waals surface area contributed by atoms with Crippen LogP contribution < -0.4 is 5.32 Å². The van der Waals surface area contributed by atoms with Crippen molar-refractivity contribution >= 4 is 17.8 Å². The first kappa shape index (κ1) is 19.0. The Kier molecular flexibility index (Phi) is 6.57. The lowest BCUT2D eigenvalue weighted by Crippen LogP contribution is -2.15. The Morgan fingerprint density at radius 2 is 1.92 bits per heavy atom. The second-order valence-electron chi connectivity index (χ2n) is 7.39. The first-order chi connectivity index (χ1) is 11.9. The second kappa shape index (κ2) is 8.65. The van der Waals surface area contributed by atoms with Crippen molar-refractivity contribution in [1.29, 1.82) is 0 Å². The van der Waals surface area contributed by atoms with E-state index in [4.69, 9.17) is 5.11 Å². The lowest BCUT2D eigenvalue weighted by atomic mass is 9.92. The van der Waals surface area contributed by atoms with Gasteiger partial charge in [-0.15, -0.1) is 0 Å². The van der Waals surface area contributed by atoms with Gasteiger partial charge in [-0.25, -0.2) is 0 Å². The molecule has 0 radical (unpaired) electrons. The molecule has 1 fully saturated rings. The molecule has 1 aliphatic heterocycles. The topological polar surface area (TPSA) is 66.4 Å². The summed E-state index contributed by atoms with van der Waals surface area (Å²) in [6.07, 6.45) is 9.33. The summed E-state index contributed by atoms with van der Waals surface area (Å²) in [5, 5.41) is 11.9. The molecular weight excluding hydrogens is 314 g/mol. The van der Waals surface area contributed by atoms with Crippen LogP contribution in [0.15, 0.2) is 42.1 Å². The SMILES string of the molecule is CC1(C)CN/C(=C/C(=O)c2ccc(/C=C/CCCCC(=O)O)cc2)C1. The highest BCUT2D eigenvalue weighted by atomic mass is 16.4. The summed E-state index contributed by atoms with van der Waals surface area (Å²) in [6, 6.07) is 7.57. The van der Waals surface area contributed by atoms with Crippen molar-refractivity contribution < 1.29 is 14.7 Å². The molecule has 1 aliphatic rings. The third-order valence-electron chi connectivity index (χ3n) is 4.29. The van der Waals surface area contributed by atoms with Crippen molar-refractivity contribution in [3.05, 3.63) is 53.2 Å². The number of nitrogens with one attached hydrogen (secondary N) is 1. The van der Waals surface area contributed by atoms with E-state index < -0.39 is 5.97 Å². The van der Waals surface area contributed by atoms with E-state index in [2.05, 4.69) is 19.2 Å². The van der Waals surface area contributed by atoms with Gasteiger partial charge in [-0.2, -0.15) is 0 Å². The minimum absolute atomic E-state index is 0.0319. The highest BCUT2D eigenvalue weighted by Gasteiger charge is 2.26. The van der Waals surface area contributed by atoms with Crippen LogP contribution in [0, 0.1) is 5.41 Å². The van der Waals surface area contributed by atoms with Crippen LogP contribution in [0.2, 0.25) is 0 Å². The molecule has 0 spiro atoms. The van der Waals surface area contributed by atoms with Crippen molar-refractivity contribution in [2.75, 3.05) is 6.54 Å². The Labute approximate surface area is 149 Å². The predicted octanol–water partition coefficient (Wildman–Crippen LogP) is 4.43. The predicted molar refractivity (Wildman–Crippen MR) is 100 cm³/mol. The van der Waals surface area contributed by atoms with Crippen LogP contribution in [-0.4, -0.2) is 23.4 Å². The maximum atomic E-state index is 12.3. The van der Waals surface area contributed by atoms with E-state index >= 15 is 0 Å². The maximum absolute atomic E-state index is 12.3. The Hall–Kier alpha value is -2.36. The van der Waals surface area contributed by atoms with Gasteiger partial charge in [0.25, 0.3) is 0 Å². The second-order valence-corrected chi connectivity index (χ2v) is 7.39. The molecule has 4 nitrogen and oxygen atoms in total. The maximum Gasteiger partial charge on any atom is 0.303 e. The summed E-state index contributed by atoms with van der Waals surface area (Å²) in [4.78, 5) is 22.8. The molecule has 25 heavy (non-hydrogen) atoms. The number of carbonyl (C=O) groups is 2. The number of allylic oxidation sites excluding steroid dienone is 3. The Bertz CT molecular complexity index is 669. The zero-order valence-electron chi connectivity index (χ0n) is 15.0. The summed E-state index contributed by atoms with van der Waals surface area (Å²) < 4.78 is 0. The van der Waals surface area contributed by atoms with Gasteiger partial charge in [0.1, 0.15) is 0 Å². The highest BCUT2D eigenvalue weighted by Crippen LogP contribution is 2.29. The van der Waals surface area contributed by atoms with E-state index in [0.717, 1.165) is 37.1 Å². The smallest absolute Gasteiger partial charge is 0.303 e. The van der Waals surface area contributed by atoms with E-state index in [-0.39, 0.29) is 17.6 Å². The van der Waals surface area contributed by atoms with Gasteiger partial charge in [0.05, 0.1) is 0 Å². The zero-order chi connectivity index (χ0) is 18.3. The molecule has 0 unspecified atom stereocenters. The summed E-state index contributed by atoms with van der Waals surface area (Å²) in [7, 11) is 0. The molecule has 1 saturated heterocycles. The number of ketones is 1. The van der Waals surface area contributed by atoms with E-state index in [9.17, 15) is 9.59 Å². The van der Waals surface area contributed by atoms with E-state index in [0.29, 0.717) is 12.0 Å². The van der Waals surface area contributed by atoms with E-state index in [1.54, 1.807) is 6.08 Å². The summed E-state index contributed by atoms with van der Waals surface area (Å²) in [5.41, 5.74) is 2.96. The number of hydrogen-bond donors (Lipinski definition) is 2. The van der Waals surface area contributed by atoms with Gasteiger partial charge in [0.2, 0.25) is 0 Å². The number of carbonyl (C=O) groups excluding carboxylic acids is 1. The standard InChI is InChI=1S/C21H27NO3/c1-21(2)14-18(22-15-21)13-19(23)17-11-9-16(10-12-17)7-5-3-4-6-8-20(24)25/h5,7,9-13,22H,3-4,6,8,14-15H2,1-2H3,(H,24,25)/b7-5+,18-13+. The van der Waals surface area contributed by atoms with Gasteiger partial charge >= 0.3 is 5.97 Å². The summed E-state index contributed by atoms with van der Waals surface area (Å²) in [6.45, 7) is 5.28. The van der Waals surface area contributed by atoms with Crippen LogP contribution in [0.25, 0.3) is 6.08 Å². The summed E-state index contributed by atoms with van der Waals surface area (Å²) >= 11 is 0. The van der Waals surface area contributed by atoms with Crippen LogP contribution in [0.5, 0.6) is 0 Å². The fourth-order valence-corrected chi connectivity index (χ4v) is 2.85. The lowest BCUT2D eigenvalue weighted by Gasteiger charge is -2.12. The molecular formula is C21H27NO3. The molecule has 1 aromatic carbocycles. The van der Waals surface area contributed by atoms with Gasteiger partial charge in [-0.1, -0.05) is 50.3 Å². The molecule has 0 amide bonds. The average molecular weight is 341 g/mol.